The molecule has 0 radical (unpaired) electrons. The monoisotopic (exact) mass is 255 g/mol. The van der Waals surface area contributed by atoms with Crippen LogP contribution in [0.2, 0.25) is 0 Å². The number of carbonyl (C=O) groups is 1. The number of ether oxygens (including phenoxy) is 1. The van der Waals surface area contributed by atoms with Gasteiger partial charge < -0.3 is 9.84 Å². The van der Waals surface area contributed by atoms with E-state index < -0.39 is 5.60 Å². The molecule has 5 heteroatoms. The van der Waals surface area contributed by atoms with Crippen LogP contribution in [-0.2, 0) is 15.1 Å². The molecule has 0 saturated heterocycles. The summed E-state index contributed by atoms with van der Waals surface area (Å²) in [7, 11) is 1.41. The van der Waals surface area contributed by atoms with E-state index in [2.05, 4.69) is 4.98 Å². The highest BCUT2D eigenvalue weighted by molar-refractivity contribution is 7.09. The molecule has 1 aliphatic carbocycles. The summed E-state index contributed by atoms with van der Waals surface area (Å²) in [6, 6.07) is 0. The molecule has 4 nitrogen and oxygen atoms in total. The van der Waals surface area contributed by atoms with Gasteiger partial charge in [0.05, 0.1) is 13.0 Å². The lowest BCUT2D eigenvalue weighted by Gasteiger charge is -2.27. The summed E-state index contributed by atoms with van der Waals surface area (Å²) >= 11 is 1.45. The Bertz CT molecular complexity index is 388. The van der Waals surface area contributed by atoms with Crippen LogP contribution >= 0.6 is 11.3 Å². The smallest absolute Gasteiger partial charge is 0.308 e. The Morgan fingerprint density at radius 3 is 3.00 bits per heavy atom. The van der Waals surface area contributed by atoms with E-state index in [1.165, 1.54) is 18.4 Å². The lowest BCUT2D eigenvalue weighted by Crippen LogP contribution is -2.30. The highest BCUT2D eigenvalue weighted by atomic mass is 32.1. The largest absolute Gasteiger partial charge is 0.469 e. The first-order valence-corrected chi connectivity index (χ1v) is 6.64. The van der Waals surface area contributed by atoms with E-state index in [4.69, 9.17) is 4.74 Å². The summed E-state index contributed by atoms with van der Waals surface area (Å²) in [4.78, 5) is 15.6. The molecule has 1 saturated carbocycles. The number of rotatable bonds is 3. The number of esters is 1. The van der Waals surface area contributed by atoms with Crippen LogP contribution in [0.3, 0.4) is 0 Å². The van der Waals surface area contributed by atoms with Crippen LogP contribution in [0.5, 0.6) is 0 Å². The van der Waals surface area contributed by atoms with E-state index >= 15 is 0 Å². The van der Waals surface area contributed by atoms with Gasteiger partial charge in [0, 0.05) is 11.6 Å². The lowest BCUT2D eigenvalue weighted by atomic mass is 9.87. The molecule has 17 heavy (non-hydrogen) atoms. The molecule has 0 bridgehead atoms. The standard InChI is InChI=1S/C12H17NO3S/c1-12(15,11-13-5-6-17-11)9-4-3-8(7-9)10(14)16-2/h5-6,8-9,15H,3-4,7H2,1-2H3/t8-,9+,12+/m0/s1. The van der Waals surface area contributed by atoms with E-state index in [1.54, 1.807) is 13.1 Å². The van der Waals surface area contributed by atoms with Gasteiger partial charge in [-0.2, -0.15) is 0 Å². The van der Waals surface area contributed by atoms with E-state index in [9.17, 15) is 9.90 Å². The van der Waals surface area contributed by atoms with Gasteiger partial charge in [0.15, 0.2) is 0 Å². The number of nitrogens with zero attached hydrogens (tertiary/aromatic N) is 1. The molecule has 1 heterocycles. The SMILES string of the molecule is COC(=O)[C@H]1CC[C@@H]([C@@](C)(O)c2nccs2)C1. The van der Waals surface area contributed by atoms with Crippen LogP contribution < -0.4 is 0 Å². The molecule has 94 valence electrons. The Morgan fingerprint density at radius 1 is 1.65 bits per heavy atom. The molecule has 1 aromatic heterocycles. The summed E-state index contributed by atoms with van der Waals surface area (Å²) in [6.07, 6.45) is 4.01. The Kier molecular flexibility index (Phi) is 3.49. The third-order valence-electron chi connectivity index (χ3n) is 3.63. The van der Waals surface area contributed by atoms with E-state index in [0.717, 1.165) is 17.8 Å². The van der Waals surface area contributed by atoms with Crippen LogP contribution in [0.25, 0.3) is 0 Å². The zero-order chi connectivity index (χ0) is 12.5. The molecule has 2 rings (SSSR count). The number of thiazole rings is 1. The molecule has 0 aromatic carbocycles. The van der Waals surface area contributed by atoms with Crippen molar-refractivity contribution in [1.29, 1.82) is 0 Å². The molecule has 0 unspecified atom stereocenters. The van der Waals surface area contributed by atoms with Gasteiger partial charge in [-0.15, -0.1) is 11.3 Å². The van der Waals surface area contributed by atoms with E-state index in [0.29, 0.717) is 6.42 Å². The van der Waals surface area contributed by atoms with Gasteiger partial charge in [-0.3, -0.25) is 4.79 Å². The fourth-order valence-corrected chi connectivity index (χ4v) is 3.30. The average Bonchev–Trinajstić information content (AvgIpc) is 2.98. The van der Waals surface area contributed by atoms with E-state index in [1.807, 2.05) is 5.38 Å². The fourth-order valence-electron chi connectivity index (χ4n) is 2.52. The van der Waals surface area contributed by atoms with Crippen LogP contribution in [0.1, 0.15) is 31.2 Å². The number of aliphatic hydroxyl groups is 1. The number of aromatic nitrogens is 1. The van der Waals surface area contributed by atoms with Crippen LogP contribution in [0.4, 0.5) is 0 Å². The van der Waals surface area contributed by atoms with Crippen LogP contribution in [0.15, 0.2) is 11.6 Å². The van der Waals surface area contributed by atoms with E-state index in [-0.39, 0.29) is 17.8 Å². The second-order valence-corrected chi connectivity index (χ2v) is 5.61. The summed E-state index contributed by atoms with van der Waals surface area (Å²) < 4.78 is 4.75. The Hall–Kier alpha value is -0.940. The molecule has 1 fully saturated rings. The lowest BCUT2D eigenvalue weighted by molar-refractivity contribution is -0.145. The van der Waals surface area contributed by atoms with Crippen molar-refractivity contribution in [2.75, 3.05) is 7.11 Å². The minimum Gasteiger partial charge on any atom is -0.469 e. The minimum absolute atomic E-state index is 0.0727. The maximum atomic E-state index is 11.5. The summed E-state index contributed by atoms with van der Waals surface area (Å²) in [5, 5.41) is 13.1. The average molecular weight is 255 g/mol. The first-order valence-electron chi connectivity index (χ1n) is 5.76. The minimum atomic E-state index is -0.934. The van der Waals surface area contributed by atoms with Crippen LogP contribution in [0, 0.1) is 11.8 Å². The highest BCUT2D eigenvalue weighted by Crippen LogP contribution is 2.43. The van der Waals surface area contributed by atoms with Gasteiger partial charge in [-0.05, 0) is 32.1 Å². The zero-order valence-corrected chi connectivity index (χ0v) is 10.9. The number of hydrogen-bond donors (Lipinski definition) is 1. The second-order valence-electron chi connectivity index (χ2n) is 4.71. The van der Waals surface area contributed by atoms with Crippen molar-refractivity contribution in [2.24, 2.45) is 11.8 Å². The van der Waals surface area contributed by atoms with Gasteiger partial charge in [0.2, 0.25) is 0 Å². The normalized spacial score (nSPS) is 27.7. The topological polar surface area (TPSA) is 59.4 Å². The molecule has 0 amide bonds. The van der Waals surface area contributed by atoms with Gasteiger partial charge in [0.1, 0.15) is 10.6 Å². The predicted molar refractivity (Wildman–Crippen MR) is 64.5 cm³/mol. The summed E-state index contributed by atoms with van der Waals surface area (Å²) in [6.45, 7) is 1.79. The number of hydrogen-bond acceptors (Lipinski definition) is 5. The van der Waals surface area contributed by atoms with Crippen molar-refractivity contribution in [3.63, 3.8) is 0 Å². The maximum Gasteiger partial charge on any atom is 0.308 e. The maximum absolute atomic E-state index is 11.5. The molecule has 3 atom stereocenters. The van der Waals surface area contributed by atoms with Crippen molar-refractivity contribution in [2.45, 2.75) is 31.8 Å². The highest BCUT2D eigenvalue weighted by Gasteiger charge is 2.42. The first kappa shape index (κ1) is 12.5. The van der Waals surface area contributed by atoms with Crippen molar-refractivity contribution in [1.82, 2.24) is 4.98 Å². The number of methoxy groups -OCH3 is 1. The Labute approximate surface area is 105 Å². The fraction of sp³-hybridized carbons (Fsp3) is 0.667. The van der Waals surface area contributed by atoms with Gasteiger partial charge in [-0.25, -0.2) is 4.98 Å². The third-order valence-corrected chi connectivity index (χ3v) is 4.63. The van der Waals surface area contributed by atoms with Crippen molar-refractivity contribution in [3.05, 3.63) is 16.6 Å². The molecular formula is C12H17NO3S. The molecule has 1 aromatic rings. The van der Waals surface area contributed by atoms with Crippen LogP contribution in [-0.4, -0.2) is 23.2 Å². The zero-order valence-electron chi connectivity index (χ0n) is 10.0. The molecule has 0 spiro atoms. The predicted octanol–water partition coefficient (Wildman–Crippen LogP) is 1.94. The molecule has 1 N–H and O–H groups in total. The summed E-state index contributed by atoms with van der Waals surface area (Å²) in [5.74, 6) is -0.156. The molecule has 1 aliphatic rings. The molecular weight excluding hydrogens is 238 g/mol. The molecule has 0 aliphatic heterocycles. The first-order chi connectivity index (χ1) is 8.05. The van der Waals surface area contributed by atoms with Crippen molar-refractivity contribution < 1.29 is 14.6 Å². The van der Waals surface area contributed by atoms with Crippen molar-refractivity contribution in [3.8, 4) is 0 Å². The van der Waals surface area contributed by atoms with Gasteiger partial charge in [-0.1, -0.05) is 0 Å². The second kappa shape index (κ2) is 4.74. The van der Waals surface area contributed by atoms with Gasteiger partial charge >= 0.3 is 5.97 Å². The Morgan fingerprint density at radius 2 is 2.41 bits per heavy atom. The van der Waals surface area contributed by atoms with Crippen molar-refractivity contribution >= 4 is 17.3 Å². The van der Waals surface area contributed by atoms with Gasteiger partial charge in [0.25, 0.3) is 0 Å². The third kappa shape index (κ3) is 2.35. The Balaban J connectivity index is 2.08. The summed E-state index contributed by atoms with van der Waals surface area (Å²) in [5.41, 5.74) is -0.934. The quantitative estimate of drug-likeness (QED) is 0.839. The number of carbonyl (C=O) groups excluding carboxylic acids is 1.